The van der Waals surface area contributed by atoms with Gasteiger partial charge in [-0.1, -0.05) is 51.0 Å². The molecular formula is C14H23N. The zero-order valence-corrected chi connectivity index (χ0v) is 10.1. The second-order valence-corrected chi connectivity index (χ2v) is 3.76. The number of unbranched alkanes of at least 4 members (excludes halogenated alkanes) is 2. The van der Waals surface area contributed by atoms with Crippen molar-refractivity contribution in [2.75, 3.05) is 0 Å². The Kier molecular flexibility index (Phi) is 10.3. The highest BCUT2D eigenvalue weighted by Crippen LogP contribution is 2.09. The van der Waals surface area contributed by atoms with Crippen LogP contribution in [0, 0.1) is 17.2 Å². The average molecular weight is 205 g/mol. The quantitative estimate of drug-likeness (QED) is 0.419. The summed E-state index contributed by atoms with van der Waals surface area (Å²) in [6.07, 6.45) is 15.2. The Morgan fingerprint density at radius 2 is 1.93 bits per heavy atom. The molecule has 0 saturated carbocycles. The van der Waals surface area contributed by atoms with Gasteiger partial charge in [0.05, 0.1) is 12.0 Å². The Labute approximate surface area is 94.5 Å². The molecule has 0 N–H and O–H groups in total. The molecule has 1 nitrogen and oxygen atoms in total. The monoisotopic (exact) mass is 205 g/mol. The van der Waals surface area contributed by atoms with Crippen LogP contribution in [0.1, 0.15) is 52.4 Å². The molecule has 84 valence electrons. The van der Waals surface area contributed by atoms with E-state index in [1.165, 1.54) is 12.8 Å². The van der Waals surface area contributed by atoms with E-state index in [1.807, 2.05) is 0 Å². The van der Waals surface area contributed by atoms with Gasteiger partial charge in [0, 0.05) is 0 Å². The van der Waals surface area contributed by atoms with Crippen molar-refractivity contribution in [2.45, 2.75) is 52.4 Å². The van der Waals surface area contributed by atoms with Gasteiger partial charge in [-0.2, -0.15) is 5.26 Å². The molecule has 0 heterocycles. The summed E-state index contributed by atoms with van der Waals surface area (Å²) in [5.74, 6) is 0.100. The summed E-state index contributed by atoms with van der Waals surface area (Å²) in [5, 5.41) is 8.91. The van der Waals surface area contributed by atoms with Crippen molar-refractivity contribution in [1.29, 1.82) is 5.26 Å². The molecule has 0 aliphatic carbocycles. The van der Waals surface area contributed by atoms with E-state index >= 15 is 0 Å². The second-order valence-electron chi connectivity index (χ2n) is 3.76. The molecule has 0 aliphatic rings. The molecule has 0 spiro atoms. The van der Waals surface area contributed by atoms with Crippen LogP contribution in [0.15, 0.2) is 24.3 Å². The largest absolute Gasteiger partial charge is 0.198 e. The van der Waals surface area contributed by atoms with Crippen molar-refractivity contribution in [3.8, 4) is 6.07 Å². The second kappa shape index (κ2) is 11.0. The van der Waals surface area contributed by atoms with Gasteiger partial charge in [0.1, 0.15) is 0 Å². The fourth-order valence-electron chi connectivity index (χ4n) is 1.35. The average Bonchev–Trinajstić information content (AvgIpc) is 2.27. The lowest BCUT2D eigenvalue weighted by Crippen LogP contribution is -1.90. The first-order chi connectivity index (χ1) is 7.35. The molecule has 0 rings (SSSR count). The summed E-state index contributed by atoms with van der Waals surface area (Å²) in [6.45, 7) is 4.31. The van der Waals surface area contributed by atoms with Crippen molar-refractivity contribution in [1.82, 2.24) is 0 Å². The zero-order chi connectivity index (χ0) is 11.4. The molecule has 1 atom stereocenters. The first kappa shape index (κ1) is 14.0. The van der Waals surface area contributed by atoms with E-state index < -0.39 is 0 Å². The topological polar surface area (TPSA) is 23.8 Å². The van der Waals surface area contributed by atoms with Gasteiger partial charge in [0.25, 0.3) is 0 Å². The van der Waals surface area contributed by atoms with E-state index in [0.29, 0.717) is 0 Å². The smallest absolute Gasteiger partial charge is 0.0697 e. The van der Waals surface area contributed by atoms with Crippen molar-refractivity contribution >= 4 is 0 Å². The molecule has 1 unspecified atom stereocenters. The van der Waals surface area contributed by atoms with Crippen molar-refractivity contribution in [3.05, 3.63) is 24.3 Å². The lowest BCUT2D eigenvalue weighted by atomic mass is 10.0. The summed E-state index contributed by atoms with van der Waals surface area (Å²) in [5.41, 5.74) is 0. The van der Waals surface area contributed by atoms with Gasteiger partial charge in [0.2, 0.25) is 0 Å². The van der Waals surface area contributed by atoms with Crippen LogP contribution in [0.3, 0.4) is 0 Å². The summed E-state index contributed by atoms with van der Waals surface area (Å²) in [7, 11) is 0. The number of allylic oxidation sites excluding steroid dienone is 4. The molecule has 15 heavy (non-hydrogen) atoms. The third-order valence-corrected chi connectivity index (χ3v) is 2.31. The van der Waals surface area contributed by atoms with E-state index in [1.54, 1.807) is 0 Å². The number of nitrogens with zero attached hydrogens (tertiary/aromatic N) is 1. The van der Waals surface area contributed by atoms with Crippen LogP contribution in [-0.2, 0) is 0 Å². The molecule has 0 bridgehead atoms. The van der Waals surface area contributed by atoms with E-state index in [-0.39, 0.29) is 5.92 Å². The highest BCUT2D eigenvalue weighted by molar-refractivity contribution is 5.00. The van der Waals surface area contributed by atoms with Crippen LogP contribution >= 0.6 is 0 Å². The Balaban J connectivity index is 3.69. The van der Waals surface area contributed by atoms with Crippen LogP contribution in [0.2, 0.25) is 0 Å². The minimum absolute atomic E-state index is 0.100. The highest BCUT2D eigenvalue weighted by Gasteiger charge is 1.99. The molecular weight excluding hydrogens is 182 g/mol. The Morgan fingerprint density at radius 3 is 2.53 bits per heavy atom. The molecule has 0 aromatic rings. The Morgan fingerprint density at radius 1 is 1.13 bits per heavy atom. The number of hydrogen-bond donors (Lipinski definition) is 0. The maximum absolute atomic E-state index is 8.91. The summed E-state index contributed by atoms with van der Waals surface area (Å²) < 4.78 is 0. The van der Waals surface area contributed by atoms with E-state index in [9.17, 15) is 0 Å². The van der Waals surface area contributed by atoms with Gasteiger partial charge in [-0.05, 0) is 25.7 Å². The third-order valence-electron chi connectivity index (χ3n) is 2.31. The Hall–Kier alpha value is -1.03. The standard InChI is InChI=1S/C14H23N/c1-3-5-7-9-11-14(13-15)12-10-8-6-4-2/h5,7,10,12,14H,3-4,6,8-9,11H2,1-2H3/b7-5-,12-10-. The summed E-state index contributed by atoms with van der Waals surface area (Å²) in [6, 6.07) is 2.34. The van der Waals surface area contributed by atoms with Crippen LogP contribution in [0.5, 0.6) is 0 Å². The van der Waals surface area contributed by atoms with Gasteiger partial charge >= 0.3 is 0 Å². The summed E-state index contributed by atoms with van der Waals surface area (Å²) in [4.78, 5) is 0. The van der Waals surface area contributed by atoms with E-state index in [0.717, 1.165) is 25.7 Å². The van der Waals surface area contributed by atoms with Crippen molar-refractivity contribution < 1.29 is 0 Å². The number of rotatable bonds is 8. The summed E-state index contributed by atoms with van der Waals surface area (Å²) >= 11 is 0. The molecule has 0 fully saturated rings. The van der Waals surface area contributed by atoms with Gasteiger partial charge in [-0.15, -0.1) is 0 Å². The van der Waals surface area contributed by atoms with Crippen molar-refractivity contribution in [3.63, 3.8) is 0 Å². The van der Waals surface area contributed by atoms with Crippen LogP contribution in [0.4, 0.5) is 0 Å². The van der Waals surface area contributed by atoms with Crippen LogP contribution < -0.4 is 0 Å². The molecule has 0 saturated heterocycles. The highest BCUT2D eigenvalue weighted by atomic mass is 14.3. The van der Waals surface area contributed by atoms with Gasteiger partial charge in [0.15, 0.2) is 0 Å². The predicted molar refractivity (Wildman–Crippen MR) is 66.4 cm³/mol. The van der Waals surface area contributed by atoms with Gasteiger partial charge in [-0.3, -0.25) is 0 Å². The maximum Gasteiger partial charge on any atom is 0.0697 e. The van der Waals surface area contributed by atoms with Gasteiger partial charge < -0.3 is 0 Å². The molecule has 0 amide bonds. The van der Waals surface area contributed by atoms with Crippen LogP contribution in [-0.4, -0.2) is 0 Å². The molecule has 1 heteroatoms. The first-order valence-corrected chi connectivity index (χ1v) is 6.06. The fourth-order valence-corrected chi connectivity index (χ4v) is 1.35. The third kappa shape index (κ3) is 9.28. The van der Waals surface area contributed by atoms with Gasteiger partial charge in [-0.25, -0.2) is 0 Å². The molecule has 0 aromatic heterocycles. The Bertz CT molecular complexity index is 220. The first-order valence-electron chi connectivity index (χ1n) is 6.06. The number of hydrogen-bond acceptors (Lipinski definition) is 1. The normalized spacial score (nSPS) is 13.4. The maximum atomic E-state index is 8.91. The zero-order valence-electron chi connectivity index (χ0n) is 10.1. The van der Waals surface area contributed by atoms with E-state index in [4.69, 9.17) is 5.26 Å². The predicted octanol–water partition coefficient (Wildman–Crippen LogP) is 4.62. The minimum atomic E-state index is 0.100. The fraction of sp³-hybridized carbons (Fsp3) is 0.643. The molecule has 0 aromatic carbocycles. The van der Waals surface area contributed by atoms with Crippen LogP contribution in [0.25, 0.3) is 0 Å². The number of nitriles is 1. The van der Waals surface area contributed by atoms with E-state index in [2.05, 4.69) is 44.2 Å². The minimum Gasteiger partial charge on any atom is -0.198 e. The lowest BCUT2D eigenvalue weighted by Gasteiger charge is -2.00. The lowest BCUT2D eigenvalue weighted by molar-refractivity contribution is 0.725. The molecule has 0 aliphatic heterocycles. The molecule has 0 radical (unpaired) electrons. The SMILES string of the molecule is CC/C=C\CCC(C#N)/C=C\CCCC. The van der Waals surface area contributed by atoms with Crippen molar-refractivity contribution in [2.24, 2.45) is 5.92 Å².